The Morgan fingerprint density at radius 2 is 2.06 bits per heavy atom. The van der Waals surface area contributed by atoms with Gasteiger partial charge >= 0.3 is 5.97 Å². The summed E-state index contributed by atoms with van der Waals surface area (Å²) >= 11 is 5.55. The average molecular weight is 275 g/mol. The summed E-state index contributed by atoms with van der Waals surface area (Å²) < 4.78 is 15.0. The highest BCUT2D eigenvalue weighted by Gasteiger charge is 2.08. The molecule has 1 aromatic heterocycles. The zero-order valence-corrected chi connectivity index (χ0v) is 10.9. The molecule has 0 atom stereocenters. The highest BCUT2D eigenvalue weighted by atomic mass is 35.5. The molecule has 0 unspecified atom stereocenters. The molecular formula is C11H15ClN2O4. The van der Waals surface area contributed by atoms with Gasteiger partial charge in [-0.15, -0.1) is 10.2 Å². The Hall–Kier alpha value is -1.24. The van der Waals surface area contributed by atoms with Gasteiger partial charge < -0.3 is 14.2 Å². The molecule has 0 N–H and O–H groups in total. The van der Waals surface area contributed by atoms with Crippen molar-refractivity contribution in [3.05, 3.63) is 23.0 Å². The standard InChI is InChI=1S/C11H15ClN2O4/c1-16-5-2-6-17-7-8-18-11(15)9-3-4-10(12)14-13-9/h3-4H,2,5-8H2,1H3. The summed E-state index contributed by atoms with van der Waals surface area (Å²) in [5, 5.41) is 7.38. The molecule has 0 saturated carbocycles. The molecule has 0 aliphatic carbocycles. The van der Waals surface area contributed by atoms with E-state index >= 15 is 0 Å². The van der Waals surface area contributed by atoms with Gasteiger partial charge in [-0.05, 0) is 18.6 Å². The first kappa shape index (κ1) is 14.8. The number of aromatic nitrogens is 2. The van der Waals surface area contributed by atoms with Crippen molar-refractivity contribution in [2.75, 3.05) is 33.5 Å². The second kappa shape index (κ2) is 8.79. The smallest absolute Gasteiger partial charge is 0.358 e. The fourth-order valence-corrected chi connectivity index (χ4v) is 1.20. The van der Waals surface area contributed by atoms with Crippen molar-refractivity contribution in [1.29, 1.82) is 0 Å². The Balaban J connectivity index is 2.12. The molecule has 1 rings (SSSR count). The monoisotopic (exact) mass is 274 g/mol. The Bertz CT molecular complexity index is 359. The summed E-state index contributed by atoms with van der Waals surface area (Å²) in [6.45, 7) is 1.75. The fraction of sp³-hybridized carbons (Fsp3) is 0.545. The zero-order chi connectivity index (χ0) is 13.2. The third-order valence-corrected chi connectivity index (χ3v) is 2.14. The van der Waals surface area contributed by atoms with Crippen molar-refractivity contribution in [3.63, 3.8) is 0 Å². The number of hydrogen-bond donors (Lipinski definition) is 0. The summed E-state index contributed by atoms with van der Waals surface area (Å²) in [5.74, 6) is -0.542. The summed E-state index contributed by atoms with van der Waals surface area (Å²) in [4.78, 5) is 11.4. The lowest BCUT2D eigenvalue weighted by atomic mass is 10.4. The van der Waals surface area contributed by atoms with E-state index in [1.54, 1.807) is 7.11 Å². The van der Waals surface area contributed by atoms with Gasteiger partial charge in [-0.2, -0.15) is 0 Å². The average Bonchev–Trinajstić information content (AvgIpc) is 2.38. The Labute approximate surface area is 110 Å². The van der Waals surface area contributed by atoms with Crippen LogP contribution in [0.15, 0.2) is 12.1 Å². The number of carbonyl (C=O) groups excluding carboxylic acids is 1. The number of hydrogen-bond acceptors (Lipinski definition) is 6. The van der Waals surface area contributed by atoms with E-state index in [1.165, 1.54) is 12.1 Å². The SMILES string of the molecule is COCCCOCCOC(=O)c1ccc(Cl)nn1. The lowest BCUT2D eigenvalue weighted by molar-refractivity contribution is 0.0282. The number of rotatable bonds is 8. The number of ether oxygens (including phenoxy) is 3. The van der Waals surface area contributed by atoms with Crippen LogP contribution in [-0.2, 0) is 14.2 Å². The number of nitrogens with zero attached hydrogens (tertiary/aromatic N) is 2. The van der Waals surface area contributed by atoms with E-state index in [9.17, 15) is 4.79 Å². The Kier molecular flexibility index (Phi) is 7.24. The van der Waals surface area contributed by atoms with E-state index in [0.29, 0.717) is 19.8 Å². The molecule has 0 saturated heterocycles. The third kappa shape index (κ3) is 5.90. The van der Waals surface area contributed by atoms with Gasteiger partial charge in [0.15, 0.2) is 10.8 Å². The second-order valence-electron chi connectivity index (χ2n) is 3.34. The van der Waals surface area contributed by atoms with Gasteiger partial charge in [0.05, 0.1) is 6.61 Å². The van der Waals surface area contributed by atoms with Gasteiger partial charge in [-0.25, -0.2) is 4.79 Å². The van der Waals surface area contributed by atoms with E-state index in [4.69, 9.17) is 25.8 Å². The molecule has 0 aromatic carbocycles. The van der Waals surface area contributed by atoms with Crippen molar-refractivity contribution in [2.24, 2.45) is 0 Å². The highest BCUT2D eigenvalue weighted by molar-refractivity contribution is 6.29. The molecule has 0 spiro atoms. The molecule has 18 heavy (non-hydrogen) atoms. The van der Waals surface area contributed by atoms with Crippen molar-refractivity contribution in [3.8, 4) is 0 Å². The summed E-state index contributed by atoms with van der Waals surface area (Å²) in [6.07, 6.45) is 0.813. The Morgan fingerprint density at radius 1 is 1.22 bits per heavy atom. The quantitative estimate of drug-likeness (QED) is 0.526. The molecule has 1 heterocycles. The van der Waals surface area contributed by atoms with Crippen LogP contribution in [0.5, 0.6) is 0 Å². The molecule has 0 fully saturated rings. The van der Waals surface area contributed by atoms with E-state index in [0.717, 1.165) is 6.42 Å². The predicted molar refractivity (Wildman–Crippen MR) is 64.6 cm³/mol. The topological polar surface area (TPSA) is 70.5 Å². The molecule has 6 nitrogen and oxygen atoms in total. The number of halogens is 1. The second-order valence-corrected chi connectivity index (χ2v) is 3.72. The predicted octanol–water partition coefficient (Wildman–Crippen LogP) is 1.34. The van der Waals surface area contributed by atoms with Crippen LogP contribution in [0.3, 0.4) is 0 Å². The van der Waals surface area contributed by atoms with Gasteiger partial charge in [0, 0.05) is 20.3 Å². The van der Waals surface area contributed by atoms with E-state index in [2.05, 4.69) is 10.2 Å². The van der Waals surface area contributed by atoms with Crippen LogP contribution in [0.1, 0.15) is 16.9 Å². The van der Waals surface area contributed by atoms with Crippen LogP contribution in [-0.4, -0.2) is 49.7 Å². The lowest BCUT2D eigenvalue weighted by Crippen LogP contribution is -2.13. The van der Waals surface area contributed by atoms with E-state index < -0.39 is 5.97 Å². The molecule has 1 aromatic rings. The van der Waals surface area contributed by atoms with E-state index in [1.807, 2.05) is 0 Å². The first-order valence-corrected chi connectivity index (χ1v) is 5.85. The maximum absolute atomic E-state index is 11.4. The van der Waals surface area contributed by atoms with Crippen LogP contribution >= 0.6 is 11.6 Å². The number of esters is 1. The largest absolute Gasteiger partial charge is 0.458 e. The molecule has 0 aliphatic rings. The van der Waals surface area contributed by atoms with Crippen LogP contribution in [0.2, 0.25) is 5.15 Å². The normalized spacial score (nSPS) is 10.3. The molecule has 0 radical (unpaired) electrons. The van der Waals surface area contributed by atoms with Crippen molar-refractivity contribution >= 4 is 17.6 Å². The van der Waals surface area contributed by atoms with Crippen molar-refractivity contribution < 1.29 is 19.0 Å². The van der Waals surface area contributed by atoms with Crippen LogP contribution in [0.4, 0.5) is 0 Å². The van der Waals surface area contributed by atoms with Crippen LogP contribution < -0.4 is 0 Å². The number of carbonyl (C=O) groups is 1. The van der Waals surface area contributed by atoms with E-state index in [-0.39, 0.29) is 17.5 Å². The molecule has 0 bridgehead atoms. The summed E-state index contributed by atoms with van der Waals surface area (Å²) in [6, 6.07) is 2.93. The minimum atomic E-state index is -0.542. The Morgan fingerprint density at radius 3 is 2.72 bits per heavy atom. The van der Waals surface area contributed by atoms with Gasteiger partial charge in [0.25, 0.3) is 0 Å². The van der Waals surface area contributed by atoms with Crippen LogP contribution in [0.25, 0.3) is 0 Å². The first-order valence-electron chi connectivity index (χ1n) is 5.47. The lowest BCUT2D eigenvalue weighted by Gasteiger charge is -2.05. The minimum Gasteiger partial charge on any atom is -0.458 e. The summed E-state index contributed by atoms with van der Waals surface area (Å²) in [5.41, 5.74) is 0.124. The van der Waals surface area contributed by atoms with Crippen molar-refractivity contribution in [2.45, 2.75) is 6.42 Å². The maximum Gasteiger partial charge on any atom is 0.358 e. The molecule has 0 aliphatic heterocycles. The van der Waals surface area contributed by atoms with Gasteiger partial charge in [0.1, 0.15) is 6.61 Å². The first-order chi connectivity index (χ1) is 8.74. The fourth-order valence-electron chi connectivity index (χ4n) is 1.10. The molecule has 0 amide bonds. The molecule has 7 heteroatoms. The van der Waals surface area contributed by atoms with Gasteiger partial charge in [-0.3, -0.25) is 0 Å². The summed E-state index contributed by atoms with van der Waals surface area (Å²) in [7, 11) is 1.63. The van der Waals surface area contributed by atoms with Crippen molar-refractivity contribution in [1.82, 2.24) is 10.2 Å². The molecular weight excluding hydrogens is 260 g/mol. The minimum absolute atomic E-state index is 0.124. The van der Waals surface area contributed by atoms with Crippen LogP contribution in [0, 0.1) is 0 Å². The van der Waals surface area contributed by atoms with Gasteiger partial charge in [0.2, 0.25) is 0 Å². The maximum atomic E-state index is 11.4. The molecule has 100 valence electrons. The third-order valence-electron chi connectivity index (χ3n) is 1.94. The van der Waals surface area contributed by atoms with Gasteiger partial charge in [-0.1, -0.05) is 11.6 Å². The number of methoxy groups -OCH3 is 1. The zero-order valence-electron chi connectivity index (χ0n) is 10.1. The highest BCUT2D eigenvalue weighted by Crippen LogP contribution is 2.03.